The summed E-state index contributed by atoms with van der Waals surface area (Å²) in [6.45, 7) is 0.310. The van der Waals surface area contributed by atoms with Crippen LogP contribution in [0.25, 0.3) is 0 Å². The van der Waals surface area contributed by atoms with Gasteiger partial charge in [0.2, 0.25) is 0 Å². The number of hydrogen-bond acceptors (Lipinski definition) is 3. The third-order valence-electron chi connectivity index (χ3n) is 2.92. The molecule has 0 saturated heterocycles. The quantitative estimate of drug-likeness (QED) is 0.865. The van der Waals surface area contributed by atoms with E-state index < -0.39 is 5.60 Å². The molecule has 0 saturated carbocycles. The monoisotopic (exact) mass is 246 g/mol. The second kappa shape index (κ2) is 5.25. The molecule has 0 aliphatic heterocycles. The van der Waals surface area contributed by atoms with Crippen LogP contribution in [0.4, 0.5) is 4.39 Å². The van der Waals surface area contributed by atoms with Crippen molar-refractivity contribution in [2.45, 2.75) is 12.0 Å². The number of aliphatic hydroxyl groups is 1. The highest BCUT2D eigenvalue weighted by Gasteiger charge is 2.31. The average Bonchev–Trinajstić information content (AvgIpc) is 2.40. The van der Waals surface area contributed by atoms with E-state index in [0.29, 0.717) is 24.2 Å². The molecule has 0 unspecified atom stereocenters. The van der Waals surface area contributed by atoms with Gasteiger partial charge in [0.15, 0.2) is 0 Å². The van der Waals surface area contributed by atoms with Crippen molar-refractivity contribution in [3.8, 4) is 0 Å². The third-order valence-corrected chi connectivity index (χ3v) is 2.92. The van der Waals surface area contributed by atoms with Crippen LogP contribution in [-0.4, -0.2) is 16.6 Å². The fourth-order valence-electron chi connectivity index (χ4n) is 1.96. The normalized spacial score (nSPS) is 14.2. The van der Waals surface area contributed by atoms with Gasteiger partial charge in [-0.1, -0.05) is 18.2 Å². The fourth-order valence-corrected chi connectivity index (χ4v) is 1.96. The van der Waals surface area contributed by atoms with Gasteiger partial charge in [-0.25, -0.2) is 4.39 Å². The predicted octanol–water partition coefficient (Wildman–Crippen LogP) is 1.81. The summed E-state index contributed by atoms with van der Waals surface area (Å²) in [6.07, 6.45) is 1.94. The van der Waals surface area contributed by atoms with Crippen LogP contribution in [0.3, 0.4) is 0 Å². The lowest BCUT2D eigenvalue weighted by Gasteiger charge is -2.27. The smallest absolute Gasteiger partial charge is 0.133 e. The molecule has 1 aromatic carbocycles. The van der Waals surface area contributed by atoms with Crippen LogP contribution >= 0.6 is 0 Å². The Morgan fingerprint density at radius 2 is 1.89 bits per heavy atom. The number of pyridine rings is 1. The van der Waals surface area contributed by atoms with Gasteiger partial charge in [0.05, 0.1) is 5.69 Å². The molecule has 94 valence electrons. The van der Waals surface area contributed by atoms with Gasteiger partial charge < -0.3 is 10.8 Å². The first-order valence-corrected chi connectivity index (χ1v) is 5.77. The Morgan fingerprint density at radius 3 is 2.44 bits per heavy atom. The van der Waals surface area contributed by atoms with E-state index in [1.54, 1.807) is 36.5 Å². The van der Waals surface area contributed by atoms with Crippen LogP contribution in [-0.2, 0) is 5.60 Å². The predicted molar refractivity (Wildman–Crippen MR) is 67.3 cm³/mol. The lowest BCUT2D eigenvalue weighted by atomic mass is 9.87. The van der Waals surface area contributed by atoms with E-state index in [9.17, 15) is 9.50 Å². The van der Waals surface area contributed by atoms with Crippen LogP contribution in [0.2, 0.25) is 0 Å². The van der Waals surface area contributed by atoms with Crippen molar-refractivity contribution in [1.82, 2.24) is 4.98 Å². The molecular weight excluding hydrogens is 231 g/mol. The first-order chi connectivity index (χ1) is 8.66. The summed E-state index contributed by atoms with van der Waals surface area (Å²) in [6, 6.07) is 11.1. The molecule has 1 heterocycles. The van der Waals surface area contributed by atoms with E-state index in [4.69, 9.17) is 5.73 Å². The maximum atomic E-state index is 12.9. The van der Waals surface area contributed by atoms with Gasteiger partial charge >= 0.3 is 0 Å². The zero-order chi connectivity index (χ0) is 13.0. The minimum absolute atomic E-state index is 0.310. The molecule has 18 heavy (non-hydrogen) atoms. The molecular formula is C14H15FN2O. The number of aromatic nitrogens is 1. The van der Waals surface area contributed by atoms with E-state index in [2.05, 4.69) is 4.98 Å². The van der Waals surface area contributed by atoms with Gasteiger partial charge in [-0.15, -0.1) is 0 Å². The van der Waals surface area contributed by atoms with E-state index in [1.165, 1.54) is 12.1 Å². The first kappa shape index (κ1) is 12.7. The number of nitrogens with two attached hydrogens (primary N) is 1. The highest BCUT2D eigenvalue weighted by molar-refractivity contribution is 5.32. The standard InChI is InChI=1S/C14H15FN2O/c15-12-6-4-11(5-7-12)14(18,8-9-16)13-3-1-2-10-17-13/h1-7,10,18H,8-9,16H2/t14-/m0/s1. The molecule has 1 aromatic heterocycles. The van der Waals surface area contributed by atoms with Crippen molar-refractivity contribution in [3.63, 3.8) is 0 Å². The van der Waals surface area contributed by atoms with Crippen LogP contribution in [0.1, 0.15) is 17.7 Å². The van der Waals surface area contributed by atoms with Crippen molar-refractivity contribution in [3.05, 3.63) is 65.7 Å². The Bertz CT molecular complexity index is 501. The van der Waals surface area contributed by atoms with Crippen molar-refractivity contribution in [2.75, 3.05) is 6.54 Å². The summed E-state index contributed by atoms with van der Waals surface area (Å²) in [4.78, 5) is 4.17. The van der Waals surface area contributed by atoms with Crippen molar-refractivity contribution < 1.29 is 9.50 Å². The summed E-state index contributed by atoms with van der Waals surface area (Å²) >= 11 is 0. The summed E-state index contributed by atoms with van der Waals surface area (Å²) in [5, 5.41) is 10.8. The molecule has 2 aromatic rings. The molecule has 0 fully saturated rings. The third kappa shape index (κ3) is 2.39. The minimum Gasteiger partial charge on any atom is -0.379 e. The van der Waals surface area contributed by atoms with Crippen molar-refractivity contribution in [1.29, 1.82) is 0 Å². The molecule has 0 aliphatic carbocycles. The van der Waals surface area contributed by atoms with E-state index in [1.807, 2.05) is 0 Å². The SMILES string of the molecule is NCC[C@](O)(c1ccc(F)cc1)c1ccccn1. The van der Waals surface area contributed by atoms with Gasteiger partial charge in [-0.3, -0.25) is 4.98 Å². The molecule has 0 spiro atoms. The van der Waals surface area contributed by atoms with Gasteiger partial charge in [-0.05, 0) is 42.8 Å². The van der Waals surface area contributed by atoms with Gasteiger partial charge in [-0.2, -0.15) is 0 Å². The molecule has 3 nitrogen and oxygen atoms in total. The number of halogens is 1. The summed E-state index contributed by atoms with van der Waals surface area (Å²) in [5.74, 6) is -0.338. The first-order valence-electron chi connectivity index (χ1n) is 5.77. The minimum atomic E-state index is -1.27. The summed E-state index contributed by atoms with van der Waals surface area (Å²) in [7, 11) is 0. The van der Waals surface area contributed by atoms with Crippen LogP contribution in [0, 0.1) is 5.82 Å². The van der Waals surface area contributed by atoms with Gasteiger partial charge in [0, 0.05) is 6.20 Å². The van der Waals surface area contributed by atoms with Crippen LogP contribution < -0.4 is 5.73 Å². The molecule has 0 amide bonds. The molecule has 3 N–H and O–H groups in total. The fraction of sp³-hybridized carbons (Fsp3) is 0.214. The van der Waals surface area contributed by atoms with E-state index in [0.717, 1.165) is 0 Å². The average molecular weight is 246 g/mol. The number of hydrogen-bond donors (Lipinski definition) is 2. The Balaban J connectivity index is 2.47. The Hall–Kier alpha value is -1.78. The Labute approximate surface area is 105 Å². The van der Waals surface area contributed by atoms with Crippen LogP contribution in [0.15, 0.2) is 48.7 Å². The number of nitrogens with zero attached hydrogens (tertiary/aromatic N) is 1. The summed E-state index contributed by atoms with van der Waals surface area (Å²) < 4.78 is 12.9. The lowest BCUT2D eigenvalue weighted by molar-refractivity contribution is 0.0691. The molecule has 2 rings (SSSR count). The highest BCUT2D eigenvalue weighted by atomic mass is 19.1. The second-order valence-electron chi connectivity index (χ2n) is 4.12. The maximum absolute atomic E-state index is 12.9. The van der Waals surface area contributed by atoms with E-state index >= 15 is 0 Å². The molecule has 1 atom stereocenters. The van der Waals surface area contributed by atoms with Crippen molar-refractivity contribution in [2.24, 2.45) is 5.73 Å². The second-order valence-corrected chi connectivity index (χ2v) is 4.12. The van der Waals surface area contributed by atoms with Gasteiger partial charge in [0.1, 0.15) is 11.4 Å². The molecule has 0 aliphatic rings. The molecule has 0 radical (unpaired) electrons. The number of rotatable bonds is 4. The summed E-state index contributed by atoms with van der Waals surface area (Å²) in [5.41, 5.74) is 5.39. The zero-order valence-electron chi connectivity index (χ0n) is 9.88. The van der Waals surface area contributed by atoms with Gasteiger partial charge in [0.25, 0.3) is 0 Å². The van der Waals surface area contributed by atoms with Crippen LogP contribution in [0.5, 0.6) is 0 Å². The largest absolute Gasteiger partial charge is 0.379 e. The topological polar surface area (TPSA) is 59.1 Å². The Kier molecular flexibility index (Phi) is 3.69. The van der Waals surface area contributed by atoms with Crippen molar-refractivity contribution >= 4 is 0 Å². The maximum Gasteiger partial charge on any atom is 0.133 e. The molecule has 0 bridgehead atoms. The molecule has 4 heteroatoms. The Morgan fingerprint density at radius 1 is 1.17 bits per heavy atom. The van der Waals surface area contributed by atoms with E-state index in [-0.39, 0.29) is 5.82 Å². The zero-order valence-corrected chi connectivity index (χ0v) is 9.88. The lowest BCUT2D eigenvalue weighted by Crippen LogP contribution is -2.31. The number of benzene rings is 1. The highest BCUT2D eigenvalue weighted by Crippen LogP contribution is 2.31.